The van der Waals surface area contributed by atoms with Gasteiger partial charge in [-0.2, -0.15) is 0 Å². The van der Waals surface area contributed by atoms with Crippen LogP contribution in [0.15, 0.2) is 127 Å². The molecule has 0 saturated heterocycles. The average molecular weight is 518 g/mol. The molecule has 0 unspecified atom stereocenters. The van der Waals surface area contributed by atoms with Crippen LogP contribution in [0.25, 0.3) is 45.3 Å². The Morgan fingerprint density at radius 1 is 0.450 bits per heavy atom. The first-order chi connectivity index (χ1) is 19.6. The standard InChI is InChI=1S/C36H27N3O/c1-36(2)31-22-26(18-20-29(31)30-21-19-28(23-32(30)36)40-27-16-10-5-11-17-27)35-38-33(24-12-6-3-7-13-24)37-34(39-35)25-14-8-4-9-15-25/h3-23H,1-2H3. The number of rotatable bonds is 5. The van der Waals surface area contributed by atoms with Crippen molar-refractivity contribution >= 4 is 0 Å². The van der Waals surface area contributed by atoms with E-state index in [2.05, 4.69) is 50.2 Å². The van der Waals surface area contributed by atoms with Crippen molar-refractivity contribution in [2.45, 2.75) is 19.3 Å². The van der Waals surface area contributed by atoms with Crippen LogP contribution in [-0.2, 0) is 5.41 Å². The quantitative estimate of drug-likeness (QED) is 0.229. The molecular formula is C36H27N3O. The summed E-state index contributed by atoms with van der Waals surface area (Å²) in [5.74, 6) is 3.65. The zero-order valence-corrected chi connectivity index (χ0v) is 22.4. The van der Waals surface area contributed by atoms with Gasteiger partial charge >= 0.3 is 0 Å². The number of aromatic nitrogens is 3. The van der Waals surface area contributed by atoms with Crippen LogP contribution in [0, 0.1) is 0 Å². The molecule has 1 aliphatic rings. The van der Waals surface area contributed by atoms with Gasteiger partial charge in [-0.25, -0.2) is 15.0 Å². The SMILES string of the molecule is CC1(C)c2cc(Oc3ccccc3)ccc2-c2ccc(-c3nc(-c4ccccc4)nc(-c4ccccc4)n3)cc21. The van der Waals surface area contributed by atoms with Crippen molar-refractivity contribution in [2.24, 2.45) is 0 Å². The third-order valence-corrected chi connectivity index (χ3v) is 7.58. The van der Waals surface area contributed by atoms with Gasteiger partial charge in [-0.1, -0.05) is 111 Å². The van der Waals surface area contributed by atoms with E-state index in [0.717, 1.165) is 28.2 Å². The number of fused-ring (bicyclic) bond motifs is 3. The lowest BCUT2D eigenvalue weighted by Gasteiger charge is -2.22. The minimum Gasteiger partial charge on any atom is -0.457 e. The van der Waals surface area contributed by atoms with Crippen molar-refractivity contribution in [3.05, 3.63) is 139 Å². The molecule has 5 aromatic carbocycles. The van der Waals surface area contributed by atoms with E-state index in [0.29, 0.717) is 17.5 Å². The van der Waals surface area contributed by atoms with E-state index in [-0.39, 0.29) is 5.41 Å². The summed E-state index contributed by atoms with van der Waals surface area (Å²) in [7, 11) is 0. The Balaban J connectivity index is 1.31. The lowest BCUT2D eigenvalue weighted by atomic mass is 9.82. The first kappa shape index (κ1) is 24.0. The maximum Gasteiger partial charge on any atom is 0.164 e. The van der Waals surface area contributed by atoms with Gasteiger partial charge < -0.3 is 4.74 Å². The second kappa shape index (κ2) is 9.58. The molecule has 1 aromatic heterocycles. The van der Waals surface area contributed by atoms with Crippen molar-refractivity contribution in [2.75, 3.05) is 0 Å². The van der Waals surface area contributed by atoms with Gasteiger partial charge in [-0.3, -0.25) is 0 Å². The predicted molar refractivity (Wildman–Crippen MR) is 160 cm³/mol. The van der Waals surface area contributed by atoms with Crippen LogP contribution in [0.2, 0.25) is 0 Å². The van der Waals surface area contributed by atoms with E-state index in [9.17, 15) is 0 Å². The van der Waals surface area contributed by atoms with Crippen molar-refractivity contribution < 1.29 is 4.74 Å². The molecule has 1 heterocycles. The first-order valence-electron chi connectivity index (χ1n) is 13.5. The lowest BCUT2D eigenvalue weighted by Crippen LogP contribution is -2.15. The smallest absolute Gasteiger partial charge is 0.164 e. The maximum atomic E-state index is 6.17. The number of ether oxygens (including phenoxy) is 1. The van der Waals surface area contributed by atoms with Crippen molar-refractivity contribution in [1.29, 1.82) is 0 Å². The molecule has 40 heavy (non-hydrogen) atoms. The Labute approximate surface area is 234 Å². The highest BCUT2D eigenvalue weighted by atomic mass is 16.5. The number of para-hydroxylation sites is 1. The van der Waals surface area contributed by atoms with Crippen LogP contribution in [0.4, 0.5) is 0 Å². The van der Waals surface area contributed by atoms with Gasteiger partial charge in [-0.15, -0.1) is 0 Å². The second-order valence-corrected chi connectivity index (χ2v) is 10.5. The Morgan fingerprint density at radius 2 is 0.925 bits per heavy atom. The van der Waals surface area contributed by atoms with Crippen LogP contribution in [0.5, 0.6) is 11.5 Å². The van der Waals surface area contributed by atoms with Crippen LogP contribution >= 0.6 is 0 Å². The third kappa shape index (κ3) is 4.24. The summed E-state index contributed by atoms with van der Waals surface area (Å²) in [6.07, 6.45) is 0. The number of nitrogens with zero attached hydrogens (tertiary/aromatic N) is 3. The van der Waals surface area contributed by atoms with Crippen molar-refractivity contribution in [3.63, 3.8) is 0 Å². The molecule has 0 bridgehead atoms. The van der Waals surface area contributed by atoms with Crippen molar-refractivity contribution in [1.82, 2.24) is 15.0 Å². The van der Waals surface area contributed by atoms with Gasteiger partial charge in [0.25, 0.3) is 0 Å². The molecule has 0 aliphatic heterocycles. The van der Waals surface area contributed by atoms with Gasteiger partial charge in [0.05, 0.1) is 0 Å². The Bertz CT molecular complexity index is 1770. The predicted octanol–water partition coefficient (Wildman–Crippen LogP) is 8.97. The average Bonchev–Trinajstić information content (AvgIpc) is 3.23. The topological polar surface area (TPSA) is 47.9 Å². The van der Waals surface area contributed by atoms with E-state index < -0.39 is 0 Å². The third-order valence-electron chi connectivity index (χ3n) is 7.58. The molecule has 6 aromatic rings. The molecule has 0 radical (unpaired) electrons. The summed E-state index contributed by atoms with van der Waals surface area (Å²) in [5, 5.41) is 0. The molecule has 0 atom stereocenters. The number of hydrogen-bond acceptors (Lipinski definition) is 4. The molecular weight excluding hydrogens is 490 g/mol. The minimum atomic E-state index is -0.214. The number of benzene rings is 5. The molecule has 4 nitrogen and oxygen atoms in total. The summed E-state index contributed by atoms with van der Waals surface area (Å²) in [5.41, 5.74) is 7.64. The Morgan fingerprint density at radius 3 is 1.50 bits per heavy atom. The fourth-order valence-electron chi connectivity index (χ4n) is 5.48. The van der Waals surface area contributed by atoms with Crippen molar-refractivity contribution in [3.8, 4) is 56.8 Å². The highest BCUT2D eigenvalue weighted by molar-refractivity contribution is 5.83. The number of hydrogen-bond donors (Lipinski definition) is 0. The molecule has 0 fully saturated rings. The van der Waals surface area contributed by atoms with E-state index >= 15 is 0 Å². The van der Waals surface area contributed by atoms with Crippen LogP contribution in [-0.4, -0.2) is 15.0 Å². The van der Waals surface area contributed by atoms with Crippen LogP contribution < -0.4 is 4.74 Å². The van der Waals surface area contributed by atoms with E-state index in [1.165, 1.54) is 22.3 Å². The summed E-state index contributed by atoms with van der Waals surface area (Å²) < 4.78 is 6.17. The lowest BCUT2D eigenvalue weighted by molar-refractivity contribution is 0.480. The fourth-order valence-corrected chi connectivity index (χ4v) is 5.48. The zero-order chi connectivity index (χ0) is 27.1. The second-order valence-electron chi connectivity index (χ2n) is 10.5. The normalized spacial score (nSPS) is 12.9. The first-order valence-corrected chi connectivity index (χ1v) is 13.5. The van der Waals surface area contributed by atoms with Crippen LogP contribution in [0.1, 0.15) is 25.0 Å². The molecule has 0 spiro atoms. The monoisotopic (exact) mass is 517 g/mol. The molecule has 4 heteroatoms. The van der Waals surface area contributed by atoms with E-state index in [4.69, 9.17) is 19.7 Å². The summed E-state index contributed by atoms with van der Waals surface area (Å²) >= 11 is 0. The summed E-state index contributed by atoms with van der Waals surface area (Å²) in [4.78, 5) is 14.7. The Kier molecular flexibility index (Phi) is 5.75. The fraction of sp³-hybridized carbons (Fsp3) is 0.0833. The van der Waals surface area contributed by atoms with Gasteiger partial charge in [-0.05, 0) is 52.6 Å². The summed E-state index contributed by atoms with van der Waals surface area (Å²) in [6.45, 7) is 4.54. The molecule has 7 rings (SSSR count). The molecule has 192 valence electrons. The van der Waals surface area contributed by atoms with E-state index in [1.807, 2.05) is 91.0 Å². The van der Waals surface area contributed by atoms with E-state index in [1.54, 1.807) is 0 Å². The van der Waals surface area contributed by atoms with Gasteiger partial charge in [0.2, 0.25) is 0 Å². The molecule has 1 aliphatic carbocycles. The summed E-state index contributed by atoms with van der Waals surface area (Å²) in [6, 6.07) is 43.0. The maximum absolute atomic E-state index is 6.17. The minimum absolute atomic E-state index is 0.214. The highest BCUT2D eigenvalue weighted by Gasteiger charge is 2.36. The Hall–Kier alpha value is -5.09. The van der Waals surface area contributed by atoms with Gasteiger partial charge in [0.1, 0.15) is 11.5 Å². The highest BCUT2D eigenvalue weighted by Crippen LogP contribution is 2.50. The zero-order valence-electron chi connectivity index (χ0n) is 22.4. The largest absolute Gasteiger partial charge is 0.457 e. The molecule has 0 amide bonds. The van der Waals surface area contributed by atoms with Gasteiger partial charge in [0, 0.05) is 22.1 Å². The molecule has 0 saturated carbocycles. The van der Waals surface area contributed by atoms with Crippen LogP contribution in [0.3, 0.4) is 0 Å². The molecule has 0 N–H and O–H groups in total. The van der Waals surface area contributed by atoms with Gasteiger partial charge in [0.15, 0.2) is 17.5 Å².